The molecule has 1 aliphatic heterocycles. The number of nitrogens with zero attached hydrogens (tertiary/aromatic N) is 2. The number of carbonyl (C=O) groups excluding carboxylic acids is 2. The Balaban J connectivity index is 1.54. The molecular weight excluding hydrogens is 424 g/mol. The van der Waals surface area contributed by atoms with Crippen LogP contribution in [0, 0.1) is 0 Å². The van der Waals surface area contributed by atoms with Gasteiger partial charge in [-0.1, -0.05) is 12.1 Å². The second-order valence-corrected chi connectivity index (χ2v) is 7.09. The number of ether oxygens (including phenoxy) is 3. The Morgan fingerprint density at radius 1 is 1.00 bits per heavy atom. The molecule has 1 N–H and O–H groups in total. The smallest absolute Gasteiger partial charge is 0.387 e. The Hall–Kier alpha value is -3.40. The molecule has 0 unspecified atom stereocenters. The van der Waals surface area contributed by atoms with E-state index in [1.807, 2.05) is 4.90 Å². The van der Waals surface area contributed by atoms with Gasteiger partial charge in [0.15, 0.2) is 0 Å². The molecule has 8 nitrogen and oxygen atoms in total. The summed E-state index contributed by atoms with van der Waals surface area (Å²) in [5.74, 6) is 0.454. The van der Waals surface area contributed by atoms with Crippen molar-refractivity contribution in [3.63, 3.8) is 0 Å². The topological polar surface area (TPSA) is 80.3 Å². The number of hydrogen-bond acceptors (Lipinski definition) is 6. The molecule has 2 aromatic rings. The van der Waals surface area contributed by atoms with E-state index in [0.717, 1.165) is 0 Å². The van der Waals surface area contributed by atoms with Crippen LogP contribution in [0.1, 0.15) is 10.4 Å². The minimum atomic E-state index is -2.98. The number of amides is 2. The molecule has 2 amide bonds. The monoisotopic (exact) mass is 449 g/mol. The number of piperazine rings is 1. The molecule has 0 bridgehead atoms. The molecule has 172 valence electrons. The highest BCUT2D eigenvalue weighted by atomic mass is 19.3. The number of hydrogen-bond donors (Lipinski definition) is 1. The molecule has 1 aliphatic rings. The number of methoxy groups -OCH3 is 2. The zero-order chi connectivity index (χ0) is 23.1. The maximum absolute atomic E-state index is 12.9. The third-order valence-electron chi connectivity index (χ3n) is 5.00. The highest BCUT2D eigenvalue weighted by Gasteiger charge is 2.24. The van der Waals surface area contributed by atoms with Gasteiger partial charge in [0.05, 0.1) is 26.5 Å². The summed E-state index contributed by atoms with van der Waals surface area (Å²) in [5, 5.41) is 2.60. The van der Waals surface area contributed by atoms with Crippen molar-refractivity contribution in [2.24, 2.45) is 0 Å². The predicted molar refractivity (Wildman–Crippen MR) is 114 cm³/mol. The first-order valence-corrected chi connectivity index (χ1v) is 9.98. The second-order valence-electron chi connectivity index (χ2n) is 7.09. The van der Waals surface area contributed by atoms with Crippen molar-refractivity contribution in [3.05, 3.63) is 48.0 Å². The number of anilines is 1. The third-order valence-corrected chi connectivity index (χ3v) is 5.00. The van der Waals surface area contributed by atoms with Gasteiger partial charge in [-0.3, -0.25) is 14.5 Å². The Bertz CT molecular complexity index is 927. The minimum absolute atomic E-state index is 0.0675. The average molecular weight is 449 g/mol. The van der Waals surface area contributed by atoms with Crippen LogP contribution in [0.15, 0.2) is 42.5 Å². The normalized spacial score (nSPS) is 14.2. The Labute approximate surface area is 184 Å². The van der Waals surface area contributed by atoms with Gasteiger partial charge in [0, 0.05) is 37.8 Å². The molecule has 10 heteroatoms. The second kappa shape index (κ2) is 10.8. The number of benzene rings is 2. The summed E-state index contributed by atoms with van der Waals surface area (Å²) in [6.07, 6.45) is 0. The SMILES string of the molecule is COc1cc(OC)cc(C(=O)N2CCN(CC(=O)Nc3ccccc3OC(F)F)CC2)c1. The first-order chi connectivity index (χ1) is 15.4. The van der Waals surface area contributed by atoms with E-state index in [4.69, 9.17) is 9.47 Å². The van der Waals surface area contributed by atoms with Crippen molar-refractivity contribution < 1.29 is 32.6 Å². The molecule has 0 atom stereocenters. The van der Waals surface area contributed by atoms with Gasteiger partial charge < -0.3 is 24.4 Å². The molecule has 32 heavy (non-hydrogen) atoms. The van der Waals surface area contributed by atoms with Crippen LogP contribution in [-0.4, -0.2) is 75.2 Å². The maximum Gasteiger partial charge on any atom is 0.387 e. The van der Waals surface area contributed by atoms with E-state index in [0.29, 0.717) is 43.2 Å². The number of nitrogens with one attached hydrogen (secondary N) is 1. The summed E-state index contributed by atoms with van der Waals surface area (Å²) in [5.41, 5.74) is 0.640. The highest BCUT2D eigenvalue weighted by molar-refractivity contribution is 5.95. The van der Waals surface area contributed by atoms with Gasteiger partial charge in [-0.05, 0) is 24.3 Å². The fraction of sp³-hybridized carbons (Fsp3) is 0.364. The lowest BCUT2D eigenvalue weighted by molar-refractivity contribution is -0.117. The number of alkyl halides is 2. The molecule has 3 rings (SSSR count). The molecule has 0 spiro atoms. The number of para-hydroxylation sites is 2. The molecular formula is C22H25F2N3O5. The van der Waals surface area contributed by atoms with Crippen molar-refractivity contribution >= 4 is 17.5 Å². The Morgan fingerprint density at radius 2 is 1.62 bits per heavy atom. The van der Waals surface area contributed by atoms with E-state index in [1.54, 1.807) is 35.2 Å². The number of carbonyl (C=O) groups is 2. The van der Waals surface area contributed by atoms with Crippen LogP contribution >= 0.6 is 0 Å². The van der Waals surface area contributed by atoms with Gasteiger partial charge in [-0.25, -0.2) is 0 Å². The molecule has 1 fully saturated rings. The van der Waals surface area contributed by atoms with Crippen molar-refractivity contribution in [2.75, 3.05) is 52.3 Å². The van der Waals surface area contributed by atoms with Gasteiger partial charge in [0.2, 0.25) is 5.91 Å². The van der Waals surface area contributed by atoms with Gasteiger partial charge in [0.1, 0.15) is 17.2 Å². The zero-order valence-corrected chi connectivity index (χ0v) is 17.8. The molecule has 1 saturated heterocycles. The van der Waals surface area contributed by atoms with E-state index >= 15 is 0 Å². The van der Waals surface area contributed by atoms with Crippen LogP contribution in [-0.2, 0) is 4.79 Å². The van der Waals surface area contributed by atoms with E-state index in [9.17, 15) is 18.4 Å². The molecule has 1 heterocycles. The third kappa shape index (κ3) is 6.07. The molecule has 0 radical (unpaired) electrons. The number of halogens is 2. The summed E-state index contributed by atoms with van der Waals surface area (Å²) in [7, 11) is 3.04. The van der Waals surface area contributed by atoms with Gasteiger partial charge >= 0.3 is 6.61 Å². The molecule has 0 saturated carbocycles. The van der Waals surface area contributed by atoms with Gasteiger partial charge in [-0.2, -0.15) is 8.78 Å². The van der Waals surface area contributed by atoms with E-state index in [-0.39, 0.29) is 29.8 Å². The Kier molecular flexibility index (Phi) is 7.82. The van der Waals surface area contributed by atoms with Crippen LogP contribution in [0.4, 0.5) is 14.5 Å². The molecule has 0 aliphatic carbocycles. The van der Waals surface area contributed by atoms with Gasteiger partial charge in [0.25, 0.3) is 5.91 Å². The summed E-state index contributed by atoms with van der Waals surface area (Å²) < 4.78 is 39.9. The zero-order valence-electron chi connectivity index (χ0n) is 17.8. The largest absolute Gasteiger partial charge is 0.497 e. The standard InChI is InChI=1S/C22H25F2N3O5/c1-30-16-11-15(12-17(13-16)31-2)21(29)27-9-7-26(8-10-27)14-20(28)25-18-5-3-4-6-19(18)32-22(23)24/h3-6,11-13,22H,7-10,14H2,1-2H3,(H,25,28). The predicted octanol–water partition coefficient (Wildman–Crippen LogP) is 2.70. The summed E-state index contributed by atoms with van der Waals surface area (Å²) in [6, 6.07) is 11.0. The van der Waals surface area contributed by atoms with Gasteiger partial charge in [-0.15, -0.1) is 0 Å². The lowest BCUT2D eigenvalue weighted by Crippen LogP contribution is -2.50. The summed E-state index contributed by atoms with van der Waals surface area (Å²) in [6.45, 7) is -1.04. The summed E-state index contributed by atoms with van der Waals surface area (Å²) in [4.78, 5) is 28.9. The van der Waals surface area contributed by atoms with Crippen LogP contribution in [0.25, 0.3) is 0 Å². The lowest BCUT2D eigenvalue weighted by atomic mass is 10.1. The van der Waals surface area contributed by atoms with Crippen LogP contribution in [0.3, 0.4) is 0 Å². The minimum Gasteiger partial charge on any atom is -0.497 e. The van der Waals surface area contributed by atoms with Crippen molar-refractivity contribution in [2.45, 2.75) is 6.61 Å². The highest BCUT2D eigenvalue weighted by Crippen LogP contribution is 2.26. The van der Waals surface area contributed by atoms with E-state index in [1.165, 1.54) is 26.4 Å². The van der Waals surface area contributed by atoms with Crippen LogP contribution in [0.5, 0.6) is 17.2 Å². The molecule has 0 aromatic heterocycles. The first-order valence-electron chi connectivity index (χ1n) is 9.98. The lowest BCUT2D eigenvalue weighted by Gasteiger charge is -2.34. The van der Waals surface area contributed by atoms with Crippen LogP contribution < -0.4 is 19.5 Å². The van der Waals surface area contributed by atoms with E-state index < -0.39 is 6.61 Å². The maximum atomic E-state index is 12.9. The van der Waals surface area contributed by atoms with Crippen molar-refractivity contribution in [3.8, 4) is 17.2 Å². The summed E-state index contributed by atoms with van der Waals surface area (Å²) >= 11 is 0. The van der Waals surface area contributed by atoms with E-state index in [2.05, 4.69) is 10.1 Å². The number of rotatable bonds is 8. The fourth-order valence-corrected chi connectivity index (χ4v) is 3.38. The van der Waals surface area contributed by atoms with Crippen molar-refractivity contribution in [1.29, 1.82) is 0 Å². The van der Waals surface area contributed by atoms with Crippen LogP contribution in [0.2, 0.25) is 0 Å². The molecule has 2 aromatic carbocycles. The first kappa shape index (κ1) is 23.3. The quantitative estimate of drug-likeness (QED) is 0.668. The van der Waals surface area contributed by atoms with Crippen molar-refractivity contribution in [1.82, 2.24) is 9.80 Å². The fourth-order valence-electron chi connectivity index (χ4n) is 3.38. The average Bonchev–Trinajstić information content (AvgIpc) is 2.79. The Morgan fingerprint density at radius 3 is 2.22 bits per heavy atom.